The molecule has 0 spiro atoms. The lowest BCUT2D eigenvalue weighted by Gasteiger charge is -1.96. The average molecular weight is 148 g/mol. The van der Waals surface area contributed by atoms with E-state index in [9.17, 15) is 0 Å². The summed E-state index contributed by atoms with van der Waals surface area (Å²) >= 11 is 0. The molecule has 0 amide bonds. The van der Waals surface area contributed by atoms with Crippen molar-refractivity contribution in [1.82, 2.24) is 0 Å². The van der Waals surface area contributed by atoms with Gasteiger partial charge in [0.25, 0.3) is 0 Å². The van der Waals surface area contributed by atoms with E-state index in [1.54, 1.807) is 0 Å². The van der Waals surface area contributed by atoms with Crippen LogP contribution >= 0.6 is 0 Å². The zero-order chi connectivity index (χ0) is 7.98. The van der Waals surface area contributed by atoms with E-state index in [1.807, 2.05) is 0 Å². The second-order valence-corrected chi connectivity index (χ2v) is 2.18. The number of hydrogen-bond acceptors (Lipinski definition) is 1. The molecule has 0 aromatic heterocycles. The van der Waals surface area contributed by atoms with Crippen LogP contribution in [0.25, 0.3) is 0 Å². The van der Waals surface area contributed by atoms with Crippen molar-refractivity contribution < 1.29 is 15.8 Å². The molecule has 0 bridgehead atoms. The van der Waals surface area contributed by atoms with Crippen molar-refractivity contribution in [3.63, 3.8) is 0 Å². The quantitative estimate of drug-likeness (QED) is 0.120. The predicted octanol–water partition coefficient (Wildman–Crippen LogP) is -4.32. The first-order chi connectivity index (χ1) is 4.63. The normalized spacial score (nSPS) is 12.6. The van der Waals surface area contributed by atoms with Crippen LogP contribution in [0.3, 0.4) is 0 Å². The maximum absolute atomic E-state index is 8.71. The number of guanidine groups is 1. The zero-order valence-electron chi connectivity index (χ0n) is 6.01. The number of aliphatic hydroxyl groups is 1. The molecule has 1 unspecified atom stereocenters. The smallest absolute Gasteiger partial charge is 0.338 e. The summed E-state index contributed by atoms with van der Waals surface area (Å²) in [5, 5.41) is 8.71. The summed E-state index contributed by atoms with van der Waals surface area (Å²) in [5.41, 5.74) is 13.6. The van der Waals surface area contributed by atoms with Crippen LogP contribution in [-0.2, 0) is 0 Å². The maximum atomic E-state index is 8.71. The minimum atomic E-state index is -0.485. The Bertz CT molecular complexity index is 108. The molecule has 9 N–H and O–H groups in total. The highest BCUT2D eigenvalue weighted by Gasteiger charge is 1.97. The zero-order valence-corrected chi connectivity index (χ0v) is 6.01. The average Bonchev–Trinajstić information content (AvgIpc) is 1.79. The standard InChI is InChI=1S/C5H14N4O/c6-4(10)2-1-3-9-5(7)8/h4,10H,1-3,6H2,(H4,7,8,9)/p+2. The number of nitrogens with one attached hydrogen (secondary N) is 1. The van der Waals surface area contributed by atoms with Gasteiger partial charge >= 0.3 is 5.96 Å². The number of nitrogens with two attached hydrogens (primary N) is 2. The predicted molar refractivity (Wildman–Crippen MR) is 37.3 cm³/mol. The minimum absolute atomic E-state index is 0.221. The topological polar surface area (TPSA) is 114 Å². The Hall–Kier alpha value is -0.810. The molecule has 0 aliphatic carbocycles. The van der Waals surface area contributed by atoms with Crippen LogP contribution in [0.5, 0.6) is 0 Å². The summed E-state index contributed by atoms with van der Waals surface area (Å²) < 4.78 is 0. The van der Waals surface area contributed by atoms with E-state index in [1.165, 1.54) is 0 Å². The molecule has 0 heterocycles. The van der Waals surface area contributed by atoms with E-state index < -0.39 is 6.23 Å². The fourth-order valence-electron chi connectivity index (χ4n) is 0.570. The Balaban J connectivity index is 3.13. The van der Waals surface area contributed by atoms with Crippen LogP contribution in [0, 0.1) is 0 Å². The van der Waals surface area contributed by atoms with Gasteiger partial charge in [-0.15, -0.1) is 0 Å². The van der Waals surface area contributed by atoms with Crippen molar-refractivity contribution in [2.75, 3.05) is 6.54 Å². The largest absolute Gasteiger partial charge is 0.345 e. The van der Waals surface area contributed by atoms with E-state index in [2.05, 4.69) is 10.7 Å². The molecule has 0 radical (unpaired) electrons. The van der Waals surface area contributed by atoms with Crippen molar-refractivity contribution in [1.29, 1.82) is 0 Å². The highest BCUT2D eigenvalue weighted by molar-refractivity contribution is 5.69. The van der Waals surface area contributed by atoms with E-state index in [0.29, 0.717) is 13.0 Å². The lowest BCUT2D eigenvalue weighted by atomic mass is 10.3. The van der Waals surface area contributed by atoms with E-state index in [-0.39, 0.29) is 5.96 Å². The second kappa shape index (κ2) is 5.01. The van der Waals surface area contributed by atoms with Crippen LogP contribution in [0.15, 0.2) is 0 Å². The molecule has 0 saturated heterocycles. The van der Waals surface area contributed by atoms with E-state index in [0.717, 1.165) is 6.42 Å². The summed E-state index contributed by atoms with van der Waals surface area (Å²) in [4.78, 5) is 2.73. The first kappa shape index (κ1) is 9.19. The molecule has 1 atom stereocenters. The molecule has 0 aromatic carbocycles. The van der Waals surface area contributed by atoms with E-state index >= 15 is 0 Å². The van der Waals surface area contributed by atoms with Gasteiger partial charge in [-0.3, -0.25) is 16.5 Å². The molecule has 5 nitrogen and oxygen atoms in total. The molecule has 0 aliphatic rings. The van der Waals surface area contributed by atoms with Crippen LogP contribution in [0.2, 0.25) is 0 Å². The number of aliphatic hydroxyl groups excluding tert-OH is 1. The Labute approximate surface area is 59.9 Å². The second-order valence-electron chi connectivity index (χ2n) is 2.18. The Kier molecular flexibility index (Phi) is 4.61. The molecule has 0 aromatic rings. The molecule has 0 rings (SSSR count). The lowest BCUT2D eigenvalue weighted by molar-refractivity contribution is -0.492. The molecule has 10 heavy (non-hydrogen) atoms. The molecule has 5 heteroatoms. The van der Waals surface area contributed by atoms with Gasteiger partial charge in [0.05, 0.1) is 6.54 Å². The Morgan fingerprint density at radius 1 is 1.60 bits per heavy atom. The van der Waals surface area contributed by atoms with Crippen LogP contribution < -0.4 is 22.2 Å². The molecular formula is C5H16N4O+2. The van der Waals surface area contributed by atoms with Crippen molar-refractivity contribution >= 4 is 5.96 Å². The van der Waals surface area contributed by atoms with Crippen molar-refractivity contribution in [3.8, 4) is 0 Å². The summed E-state index contributed by atoms with van der Waals surface area (Å²) in [5.74, 6) is 0.221. The highest BCUT2D eigenvalue weighted by Crippen LogP contribution is 1.83. The van der Waals surface area contributed by atoms with E-state index in [4.69, 9.17) is 16.6 Å². The third-order valence-electron chi connectivity index (χ3n) is 1.04. The van der Waals surface area contributed by atoms with Gasteiger partial charge in [0.15, 0.2) is 6.23 Å². The third-order valence-corrected chi connectivity index (χ3v) is 1.04. The van der Waals surface area contributed by atoms with Crippen molar-refractivity contribution in [2.45, 2.75) is 19.1 Å². The lowest BCUT2D eigenvalue weighted by Crippen LogP contribution is -2.78. The first-order valence-electron chi connectivity index (χ1n) is 3.26. The monoisotopic (exact) mass is 148 g/mol. The first-order valence-corrected chi connectivity index (χ1v) is 3.26. The van der Waals surface area contributed by atoms with Gasteiger partial charge in [0, 0.05) is 6.42 Å². The van der Waals surface area contributed by atoms with Gasteiger partial charge in [-0.2, -0.15) is 0 Å². The van der Waals surface area contributed by atoms with Gasteiger partial charge in [0.1, 0.15) is 0 Å². The summed E-state index contributed by atoms with van der Waals surface area (Å²) in [6.07, 6.45) is 1.00. The number of rotatable bonds is 4. The van der Waals surface area contributed by atoms with Gasteiger partial charge in [-0.1, -0.05) is 0 Å². The number of hydrogen-bond donors (Lipinski definition) is 5. The van der Waals surface area contributed by atoms with Crippen molar-refractivity contribution in [2.24, 2.45) is 11.5 Å². The van der Waals surface area contributed by atoms with Gasteiger partial charge in [0.2, 0.25) is 0 Å². The summed E-state index contributed by atoms with van der Waals surface area (Å²) in [6.45, 7) is 0.689. The molecule has 60 valence electrons. The van der Waals surface area contributed by atoms with Gasteiger partial charge in [-0.05, 0) is 6.42 Å². The van der Waals surface area contributed by atoms with Crippen LogP contribution in [0.1, 0.15) is 12.8 Å². The molecular weight excluding hydrogens is 132 g/mol. The minimum Gasteiger partial charge on any atom is -0.345 e. The Morgan fingerprint density at radius 3 is 2.60 bits per heavy atom. The molecule has 0 aliphatic heterocycles. The summed E-state index contributed by atoms with van der Waals surface area (Å²) in [6, 6.07) is 0. The molecule has 0 saturated carbocycles. The van der Waals surface area contributed by atoms with Crippen LogP contribution in [0.4, 0.5) is 0 Å². The number of quaternary nitrogens is 1. The van der Waals surface area contributed by atoms with Crippen molar-refractivity contribution in [3.05, 3.63) is 0 Å². The Morgan fingerprint density at radius 2 is 2.20 bits per heavy atom. The van der Waals surface area contributed by atoms with Gasteiger partial charge < -0.3 is 10.8 Å². The third kappa shape index (κ3) is 7.19. The molecule has 0 fully saturated rings. The summed E-state index contributed by atoms with van der Waals surface area (Å²) in [7, 11) is 0. The highest BCUT2D eigenvalue weighted by atomic mass is 16.3. The SMILES string of the molecule is NC(N)=[NH+]CCCC([NH3+])O. The van der Waals surface area contributed by atoms with Crippen LogP contribution in [-0.4, -0.2) is 23.8 Å². The maximum Gasteiger partial charge on any atom is 0.338 e. The van der Waals surface area contributed by atoms with Gasteiger partial charge in [-0.25, -0.2) is 0 Å². The fraction of sp³-hybridized carbons (Fsp3) is 0.800. The fourth-order valence-corrected chi connectivity index (χ4v) is 0.570.